The molecule has 0 bridgehead atoms. The second-order valence-electron chi connectivity index (χ2n) is 4.58. The number of hydrogen-bond donors (Lipinski definition) is 1. The van der Waals surface area contributed by atoms with Gasteiger partial charge in [0.05, 0.1) is 17.6 Å². The van der Waals surface area contributed by atoms with Crippen molar-refractivity contribution in [2.75, 3.05) is 0 Å². The van der Waals surface area contributed by atoms with E-state index < -0.39 is 11.6 Å². The fourth-order valence-electron chi connectivity index (χ4n) is 2.11. The van der Waals surface area contributed by atoms with Crippen molar-refractivity contribution in [3.05, 3.63) is 53.5 Å². The molecule has 6 heteroatoms. The van der Waals surface area contributed by atoms with Crippen molar-refractivity contribution >= 4 is 0 Å². The summed E-state index contributed by atoms with van der Waals surface area (Å²) in [5.41, 5.74) is 2.54. The second-order valence-corrected chi connectivity index (χ2v) is 4.58. The zero-order valence-electron chi connectivity index (χ0n) is 11.0. The molecule has 2 heterocycles. The normalized spacial score (nSPS) is 11.0. The van der Waals surface area contributed by atoms with Crippen LogP contribution in [0.2, 0.25) is 0 Å². The van der Waals surface area contributed by atoms with Gasteiger partial charge in [-0.15, -0.1) is 0 Å². The topological polar surface area (TPSA) is 46.5 Å². The Hall–Kier alpha value is -2.50. The van der Waals surface area contributed by atoms with Gasteiger partial charge in [0.1, 0.15) is 11.6 Å². The Kier molecular flexibility index (Phi) is 2.85. The van der Waals surface area contributed by atoms with Crippen LogP contribution >= 0.6 is 0 Å². The maximum atomic E-state index is 13.7. The van der Waals surface area contributed by atoms with E-state index in [1.807, 2.05) is 19.9 Å². The van der Waals surface area contributed by atoms with Crippen LogP contribution in [0.3, 0.4) is 0 Å². The number of aryl methyl sites for hydroxylation is 2. The highest BCUT2D eigenvalue weighted by Crippen LogP contribution is 2.22. The smallest absolute Gasteiger partial charge is 0.228 e. The van der Waals surface area contributed by atoms with Crippen LogP contribution in [0.25, 0.3) is 17.2 Å². The summed E-state index contributed by atoms with van der Waals surface area (Å²) in [5.74, 6) is -0.743. The summed E-state index contributed by atoms with van der Waals surface area (Å²) in [5, 5.41) is 4.29. The zero-order valence-corrected chi connectivity index (χ0v) is 11.0. The van der Waals surface area contributed by atoms with Gasteiger partial charge in [-0.1, -0.05) is 0 Å². The molecule has 102 valence electrons. The van der Waals surface area contributed by atoms with Gasteiger partial charge in [-0.25, -0.2) is 18.4 Å². The molecule has 0 aliphatic heterocycles. The molecule has 3 rings (SSSR count). The van der Waals surface area contributed by atoms with E-state index in [4.69, 9.17) is 0 Å². The summed E-state index contributed by atoms with van der Waals surface area (Å²) in [6, 6.07) is 5.35. The molecule has 0 amide bonds. The molecule has 0 aliphatic rings. The molecule has 2 aromatic heterocycles. The van der Waals surface area contributed by atoms with Crippen LogP contribution in [0.15, 0.2) is 30.5 Å². The van der Waals surface area contributed by atoms with E-state index in [2.05, 4.69) is 15.1 Å². The molecular formula is C14H12F2N4. The number of imidazole rings is 1. The molecule has 0 fully saturated rings. The third kappa shape index (κ3) is 2.09. The van der Waals surface area contributed by atoms with Gasteiger partial charge in [0, 0.05) is 17.3 Å². The molecule has 0 radical (unpaired) electrons. The SMILES string of the molecule is Cc1cc(C)n(-c2ncc(-c3ccc(F)cc3F)[nH]2)n1. The summed E-state index contributed by atoms with van der Waals surface area (Å²) in [4.78, 5) is 7.17. The lowest BCUT2D eigenvalue weighted by Gasteiger charge is -2.01. The van der Waals surface area contributed by atoms with Crippen LogP contribution in [0.4, 0.5) is 8.78 Å². The number of rotatable bonds is 2. The van der Waals surface area contributed by atoms with Gasteiger partial charge in [0.15, 0.2) is 0 Å². The first-order valence-electron chi connectivity index (χ1n) is 6.08. The van der Waals surface area contributed by atoms with Crippen LogP contribution in [0.5, 0.6) is 0 Å². The second kappa shape index (κ2) is 4.56. The number of hydrogen-bond acceptors (Lipinski definition) is 2. The van der Waals surface area contributed by atoms with Gasteiger partial charge >= 0.3 is 0 Å². The Balaban J connectivity index is 2.04. The maximum Gasteiger partial charge on any atom is 0.228 e. The molecular weight excluding hydrogens is 262 g/mol. The first-order chi connectivity index (χ1) is 9.54. The number of aromatic amines is 1. The van der Waals surface area contributed by atoms with Crippen molar-refractivity contribution in [3.8, 4) is 17.2 Å². The van der Waals surface area contributed by atoms with Gasteiger partial charge in [0.25, 0.3) is 0 Å². The summed E-state index contributed by atoms with van der Waals surface area (Å²) in [6.45, 7) is 3.79. The van der Waals surface area contributed by atoms with E-state index in [0.717, 1.165) is 17.5 Å². The van der Waals surface area contributed by atoms with Crippen LogP contribution in [0.1, 0.15) is 11.4 Å². The number of halogens is 2. The Morgan fingerprint density at radius 3 is 2.60 bits per heavy atom. The fraction of sp³-hybridized carbons (Fsp3) is 0.143. The number of H-pyrrole nitrogens is 1. The van der Waals surface area contributed by atoms with Crippen molar-refractivity contribution in [3.63, 3.8) is 0 Å². The lowest BCUT2D eigenvalue weighted by Crippen LogP contribution is -2.01. The molecule has 0 unspecified atom stereocenters. The van der Waals surface area contributed by atoms with Crippen molar-refractivity contribution in [2.24, 2.45) is 0 Å². The standard InChI is InChI=1S/C14H12F2N4/c1-8-5-9(2)20(19-8)14-17-7-13(18-14)11-4-3-10(15)6-12(11)16/h3-7H,1-2H3,(H,17,18). The Morgan fingerprint density at radius 2 is 1.95 bits per heavy atom. The van der Waals surface area contributed by atoms with E-state index in [1.165, 1.54) is 18.3 Å². The predicted octanol–water partition coefficient (Wildman–Crippen LogP) is 3.16. The van der Waals surface area contributed by atoms with Crippen LogP contribution in [0, 0.1) is 25.5 Å². The summed E-state index contributed by atoms with van der Waals surface area (Å²) in [6.07, 6.45) is 1.50. The van der Waals surface area contributed by atoms with Gasteiger partial charge < -0.3 is 4.98 Å². The van der Waals surface area contributed by atoms with Crippen LogP contribution in [-0.2, 0) is 0 Å². The largest absolute Gasteiger partial charge is 0.322 e. The van der Waals surface area contributed by atoms with E-state index in [0.29, 0.717) is 11.6 Å². The maximum absolute atomic E-state index is 13.7. The fourth-order valence-corrected chi connectivity index (χ4v) is 2.11. The van der Waals surface area contributed by atoms with Crippen molar-refractivity contribution in [2.45, 2.75) is 13.8 Å². The highest BCUT2D eigenvalue weighted by Gasteiger charge is 2.12. The molecule has 0 atom stereocenters. The van der Waals surface area contributed by atoms with Crippen LogP contribution < -0.4 is 0 Å². The molecule has 0 saturated carbocycles. The minimum Gasteiger partial charge on any atom is -0.322 e. The minimum atomic E-state index is -0.631. The Labute approximate surface area is 114 Å². The van der Waals surface area contributed by atoms with Crippen LogP contribution in [-0.4, -0.2) is 19.7 Å². The monoisotopic (exact) mass is 274 g/mol. The third-order valence-corrected chi connectivity index (χ3v) is 2.99. The first-order valence-corrected chi connectivity index (χ1v) is 6.08. The van der Waals surface area contributed by atoms with Gasteiger partial charge in [-0.3, -0.25) is 0 Å². The van der Waals surface area contributed by atoms with Crippen molar-refractivity contribution in [1.82, 2.24) is 19.7 Å². The molecule has 1 N–H and O–H groups in total. The molecule has 0 aliphatic carbocycles. The van der Waals surface area contributed by atoms with Gasteiger partial charge in [0.2, 0.25) is 5.95 Å². The van der Waals surface area contributed by atoms with Gasteiger partial charge in [-0.05, 0) is 32.0 Å². The lowest BCUT2D eigenvalue weighted by atomic mass is 10.1. The lowest BCUT2D eigenvalue weighted by molar-refractivity contribution is 0.585. The number of aromatic nitrogens is 4. The summed E-state index contributed by atoms with van der Waals surface area (Å²) < 4.78 is 28.3. The van der Waals surface area contributed by atoms with E-state index >= 15 is 0 Å². The Morgan fingerprint density at radius 1 is 1.15 bits per heavy atom. The van der Waals surface area contributed by atoms with E-state index in [9.17, 15) is 8.78 Å². The number of nitrogens with one attached hydrogen (secondary N) is 1. The highest BCUT2D eigenvalue weighted by molar-refractivity contribution is 5.60. The zero-order chi connectivity index (χ0) is 14.3. The van der Waals surface area contributed by atoms with Crippen molar-refractivity contribution in [1.29, 1.82) is 0 Å². The minimum absolute atomic E-state index is 0.270. The molecule has 20 heavy (non-hydrogen) atoms. The average Bonchev–Trinajstić information content (AvgIpc) is 2.96. The summed E-state index contributed by atoms with van der Waals surface area (Å²) >= 11 is 0. The Bertz CT molecular complexity index is 773. The number of benzene rings is 1. The quantitative estimate of drug-likeness (QED) is 0.780. The number of nitrogens with zero attached hydrogens (tertiary/aromatic N) is 3. The first kappa shape index (κ1) is 12.5. The average molecular weight is 274 g/mol. The molecule has 4 nitrogen and oxygen atoms in total. The predicted molar refractivity (Wildman–Crippen MR) is 70.5 cm³/mol. The molecule has 0 saturated heterocycles. The third-order valence-electron chi connectivity index (χ3n) is 2.99. The van der Waals surface area contributed by atoms with E-state index in [-0.39, 0.29) is 5.56 Å². The molecule has 0 spiro atoms. The molecule has 1 aromatic carbocycles. The molecule has 3 aromatic rings. The van der Waals surface area contributed by atoms with E-state index in [1.54, 1.807) is 4.68 Å². The highest BCUT2D eigenvalue weighted by atomic mass is 19.1. The van der Waals surface area contributed by atoms with Gasteiger partial charge in [-0.2, -0.15) is 5.10 Å². The summed E-state index contributed by atoms with van der Waals surface area (Å²) in [7, 11) is 0. The van der Waals surface area contributed by atoms with Crippen molar-refractivity contribution < 1.29 is 8.78 Å².